The van der Waals surface area contributed by atoms with Crippen molar-refractivity contribution in [2.75, 3.05) is 5.32 Å². The number of aryl methyl sites for hydroxylation is 1. The Morgan fingerprint density at radius 3 is 2.71 bits per heavy atom. The molecule has 0 amide bonds. The van der Waals surface area contributed by atoms with E-state index in [1.807, 2.05) is 0 Å². The van der Waals surface area contributed by atoms with E-state index in [1.54, 1.807) is 11.3 Å². The van der Waals surface area contributed by atoms with Gasteiger partial charge in [0.2, 0.25) is 0 Å². The molecule has 0 bridgehead atoms. The SMILES string of the molecule is Cc1cccc(Nc2ccc3ccsc3c2)c1. The second-order valence-corrected chi connectivity index (χ2v) is 5.12. The predicted octanol–water partition coefficient (Wildman–Crippen LogP) is 4.95. The molecule has 0 aliphatic heterocycles. The van der Waals surface area contributed by atoms with Gasteiger partial charge in [0.25, 0.3) is 0 Å². The summed E-state index contributed by atoms with van der Waals surface area (Å²) in [6.45, 7) is 2.10. The lowest BCUT2D eigenvalue weighted by molar-refractivity contribution is 1.45. The fraction of sp³-hybridized carbons (Fsp3) is 0.0667. The van der Waals surface area contributed by atoms with Gasteiger partial charge in [-0.3, -0.25) is 0 Å². The third kappa shape index (κ3) is 2.17. The Balaban J connectivity index is 1.94. The molecule has 3 rings (SSSR count). The first-order valence-electron chi connectivity index (χ1n) is 5.62. The predicted molar refractivity (Wildman–Crippen MR) is 76.3 cm³/mol. The van der Waals surface area contributed by atoms with Crippen molar-refractivity contribution in [3.63, 3.8) is 0 Å². The van der Waals surface area contributed by atoms with Crippen molar-refractivity contribution in [1.29, 1.82) is 0 Å². The van der Waals surface area contributed by atoms with Crippen LogP contribution in [0.3, 0.4) is 0 Å². The number of benzene rings is 2. The summed E-state index contributed by atoms with van der Waals surface area (Å²) in [6, 6.07) is 17.0. The summed E-state index contributed by atoms with van der Waals surface area (Å²) in [6.07, 6.45) is 0. The Morgan fingerprint density at radius 2 is 1.82 bits per heavy atom. The monoisotopic (exact) mass is 239 g/mol. The molecule has 0 fully saturated rings. The van der Waals surface area contributed by atoms with Crippen molar-refractivity contribution in [3.8, 4) is 0 Å². The van der Waals surface area contributed by atoms with Gasteiger partial charge in [0.1, 0.15) is 0 Å². The van der Waals surface area contributed by atoms with E-state index in [2.05, 4.69) is 66.2 Å². The van der Waals surface area contributed by atoms with Gasteiger partial charge in [-0.2, -0.15) is 0 Å². The first kappa shape index (κ1) is 10.4. The van der Waals surface area contributed by atoms with Crippen LogP contribution in [0.5, 0.6) is 0 Å². The Kier molecular flexibility index (Phi) is 2.57. The second-order valence-electron chi connectivity index (χ2n) is 4.17. The summed E-state index contributed by atoms with van der Waals surface area (Å²) in [4.78, 5) is 0. The van der Waals surface area contributed by atoms with Crippen molar-refractivity contribution < 1.29 is 0 Å². The van der Waals surface area contributed by atoms with Gasteiger partial charge in [-0.1, -0.05) is 18.2 Å². The molecule has 2 aromatic carbocycles. The first-order valence-corrected chi connectivity index (χ1v) is 6.50. The molecule has 1 heterocycles. The van der Waals surface area contributed by atoms with Crippen molar-refractivity contribution in [3.05, 3.63) is 59.5 Å². The molecule has 0 radical (unpaired) electrons. The molecular weight excluding hydrogens is 226 g/mol. The molecule has 3 aromatic rings. The normalized spacial score (nSPS) is 10.6. The molecule has 84 valence electrons. The van der Waals surface area contributed by atoms with Crippen LogP contribution in [0.1, 0.15) is 5.56 Å². The largest absolute Gasteiger partial charge is 0.355 e. The Labute approximate surface area is 105 Å². The van der Waals surface area contributed by atoms with Crippen LogP contribution in [0.25, 0.3) is 10.1 Å². The van der Waals surface area contributed by atoms with Crippen molar-refractivity contribution in [1.82, 2.24) is 0 Å². The minimum Gasteiger partial charge on any atom is -0.355 e. The van der Waals surface area contributed by atoms with Gasteiger partial charge < -0.3 is 5.32 Å². The van der Waals surface area contributed by atoms with Crippen molar-refractivity contribution >= 4 is 32.8 Å². The quantitative estimate of drug-likeness (QED) is 0.667. The highest BCUT2D eigenvalue weighted by atomic mass is 32.1. The molecule has 0 aliphatic carbocycles. The zero-order valence-electron chi connectivity index (χ0n) is 9.60. The molecular formula is C15H13NS. The number of hydrogen-bond acceptors (Lipinski definition) is 2. The Morgan fingerprint density at radius 1 is 0.941 bits per heavy atom. The van der Waals surface area contributed by atoms with E-state index in [0.717, 1.165) is 11.4 Å². The van der Waals surface area contributed by atoms with Crippen LogP contribution in [0, 0.1) is 6.92 Å². The van der Waals surface area contributed by atoms with Crippen molar-refractivity contribution in [2.24, 2.45) is 0 Å². The van der Waals surface area contributed by atoms with Crippen LogP contribution in [0.4, 0.5) is 11.4 Å². The highest BCUT2D eigenvalue weighted by Crippen LogP contribution is 2.26. The van der Waals surface area contributed by atoms with Gasteiger partial charge in [0, 0.05) is 16.1 Å². The van der Waals surface area contributed by atoms with Crippen LogP contribution in [0.15, 0.2) is 53.9 Å². The van der Waals surface area contributed by atoms with Crippen molar-refractivity contribution in [2.45, 2.75) is 6.92 Å². The maximum Gasteiger partial charge on any atom is 0.0398 e. The van der Waals surface area contributed by atoms with Crippen LogP contribution < -0.4 is 5.32 Å². The molecule has 0 spiro atoms. The van der Waals surface area contributed by atoms with Gasteiger partial charge >= 0.3 is 0 Å². The molecule has 0 saturated carbocycles. The van der Waals surface area contributed by atoms with Crippen LogP contribution in [0.2, 0.25) is 0 Å². The lowest BCUT2D eigenvalue weighted by Gasteiger charge is -2.07. The highest BCUT2D eigenvalue weighted by Gasteiger charge is 1.98. The topological polar surface area (TPSA) is 12.0 Å². The lowest BCUT2D eigenvalue weighted by Crippen LogP contribution is -1.89. The number of hydrogen-bond donors (Lipinski definition) is 1. The molecule has 0 saturated heterocycles. The number of nitrogens with one attached hydrogen (secondary N) is 1. The second kappa shape index (κ2) is 4.22. The highest BCUT2D eigenvalue weighted by molar-refractivity contribution is 7.17. The summed E-state index contributed by atoms with van der Waals surface area (Å²) >= 11 is 1.78. The fourth-order valence-corrected chi connectivity index (χ4v) is 2.75. The van der Waals surface area contributed by atoms with Gasteiger partial charge in [-0.15, -0.1) is 11.3 Å². The summed E-state index contributed by atoms with van der Waals surface area (Å²) in [5.74, 6) is 0. The van der Waals surface area contributed by atoms with Gasteiger partial charge in [0.05, 0.1) is 0 Å². The Hall–Kier alpha value is -1.80. The first-order chi connectivity index (χ1) is 8.31. The van der Waals surface area contributed by atoms with E-state index in [0.29, 0.717) is 0 Å². The van der Waals surface area contributed by atoms with E-state index in [9.17, 15) is 0 Å². The number of anilines is 2. The van der Waals surface area contributed by atoms with Crippen LogP contribution in [-0.4, -0.2) is 0 Å². The lowest BCUT2D eigenvalue weighted by atomic mass is 10.2. The van der Waals surface area contributed by atoms with E-state index in [4.69, 9.17) is 0 Å². The molecule has 1 nitrogen and oxygen atoms in total. The van der Waals surface area contributed by atoms with Crippen LogP contribution in [-0.2, 0) is 0 Å². The number of rotatable bonds is 2. The fourth-order valence-electron chi connectivity index (χ4n) is 1.92. The summed E-state index contributed by atoms with van der Waals surface area (Å²) in [5, 5.41) is 6.87. The number of thiophene rings is 1. The zero-order chi connectivity index (χ0) is 11.7. The minimum atomic E-state index is 1.14. The average Bonchev–Trinajstić information content (AvgIpc) is 2.76. The molecule has 1 aromatic heterocycles. The molecule has 0 aliphatic rings. The third-order valence-electron chi connectivity index (χ3n) is 2.76. The molecule has 2 heteroatoms. The third-order valence-corrected chi connectivity index (χ3v) is 3.64. The smallest absolute Gasteiger partial charge is 0.0398 e. The minimum absolute atomic E-state index is 1.14. The molecule has 0 unspecified atom stereocenters. The average molecular weight is 239 g/mol. The maximum absolute atomic E-state index is 3.43. The summed E-state index contributed by atoms with van der Waals surface area (Å²) in [7, 11) is 0. The molecule has 1 N–H and O–H groups in total. The van der Waals surface area contributed by atoms with Gasteiger partial charge in [-0.25, -0.2) is 0 Å². The van der Waals surface area contributed by atoms with E-state index >= 15 is 0 Å². The zero-order valence-corrected chi connectivity index (χ0v) is 10.4. The molecule has 17 heavy (non-hydrogen) atoms. The van der Waals surface area contributed by atoms with Gasteiger partial charge in [-0.05, 0) is 53.6 Å². The molecule has 0 atom stereocenters. The summed E-state index contributed by atoms with van der Waals surface area (Å²) in [5.41, 5.74) is 3.55. The van der Waals surface area contributed by atoms with Crippen LogP contribution >= 0.6 is 11.3 Å². The number of fused-ring (bicyclic) bond motifs is 1. The Bertz CT molecular complexity index is 655. The maximum atomic E-state index is 3.43. The van der Waals surface area contributed by atoms with E-state index in [1.165, 1.54) is 15.6 Å². The van der Waals surface area contributed by atoms with Gasteiger partial charge in [0.15, 0.2) is 0 Å². The summed E-state index contributed by atoms with van der Waals surface area (Å²) < 4.78 is 1.32. The standard InChI is InChI=1S/C15H13NS/c1-11-3-2-4-13(9-11)16-14-6-5-12-7-8-17-15(12)10-14/h2-10,16H,1H3. The van der Waals surface area contributed by atoms with E-state index in [-0.39, 0.29) is 0 Å². The van der Waals surface area contributed by atoms with E-state index < -0.39 is 0 Å².